The largest absolute Gasteiger partial charge is 0.481 e. The molecule has 0 saturated heterocycles. The van der Waals surface area contributed by atoms with Crippen molar-refractivity contribution in [2.45, 2.75) is 51.6 Å². The maximum atomic E-state index is 12.2. The van der Waals surface area contributed by atoms with Gasteiger partial charge in [-0.2, -0.15) is 0 Å². The Hall–Kier alpha value is -1.10. The minimum absolute atomic E-state index is 0.120. The number of hydrogen-bond donors (Lipinski definition) is 3. The van der Waals surface area contributed by atoms with Crippen LogP contribution in [0.25, 0.3) is 0 Å². The SMILES string of the molecule is CC1CC(C(=O)O)C(C(=O)NCC2CCCCC2O)C1. The Morgan fingerprint density at radius 2 is 1.80 bits per heavy atom. The normalized spacial score (nSPS) is 37.6. The zero-order valence-corrected chi connectivity index (χ0v) is 12.0. The number of nitrogens with one attached hydrogen (secondary N) is 1. The lowest BCUT2D eigenvalue weighted by Gasteiger charge is -2.28. The first-order valence-electron chi connectivity index (χ1n) is 7.67. The molecule has 3 N–H and O–H groups in total. The molecule has 2 aliphatic rings. The number of hydrogen-bond acceptors (Lipinski definition) is 3. The van der Waals surface area contributed by atoms with Gasteiger partial charge in [-0.3, -0.25) is 9.59 Å². The molecule has 0 heterocycles. The van der Waals surface area contributed by atoms with Crippen LogP contribution >= 0.6 is 0 Å². The van der Waals surface area contributed by atoms with Gasteiger partial charge in [0.2, 0.25) is 5.91 Å². The molecular weight excluding hydrogens is 258 g/mol. The summed E-state index contributed by atoms with van der Waals surface area (Å²) >= 11 is 0. The van der Waals surface area contributed by atoms with Crippen molar-refractivity contribution < 1.29 is 19.8 Å². The average Bonchev–Trinajstić information content (AvgIpc) is 2.80. The molecule has 2 rings (SSSR count). The minimum Gasteiger partial charge on any atom is -0.481 e. The molecule has 0 aromatic heterocycles. The quantitative estimate of drug-likeness (QED) is 0.728. The van der Waals surface area contributed by atoms with E-state index in [1.807, 2.05) is 6.92 Å². The van der Waals surface area contributed by atoms with Crippen LogP contribution in [0.15, 0.2) is 0 Å². The number of aliphatic hydroxyl groups excluding tert-OH is 1. The fraction of sp³-hybridized carbons (Fsp3) is 0.867. The van der Waals surface area contributed by atoms with E-state index in [4.69, 9.17) is 0 Å². The standard InChI is InChI=1S/C15H25NO4/c1-9-6-11(12(7-9)15(19)20)14(18)16-8-10-4-2-3-5-13(10)17/h9-13,17H,2-8H2,1H3,(H,16,18)(H,19,20). The third kappa shape index (κ3) is 3.51. The van der Waals surface area contributed by atoms with Crippen LogP contribution in [0.1, 0.15) is 45.4 Å². The molecule has 0 radical (unpaired) electrons. The Morgan fingerprint density at radius 3 is 2.45 bits per heavy atom. The van der Waals surface area contributed by atoms with Crippen molar-refractivity contribution in [3.05, 3.63) is 0 Å². The zero-order chi connectivity index (χ0) is 14.7. The summed E-state index contributed by atoms with van der Waals surface area (Å²) in [4.78, 5) is 23.4. The number of aliphatic carboxylic acids is 1. The first-order valence-corrected chi connectivity index (χ1v) is 7.67. The van der Waals surface area contributed by atoms with Gasteiger partial charge < -0.3 is 15.5 Å². The summed E-state index contributed by atoms with van der Waals surface area (Å²) in [6.07, 6.45) is 4.78. The van der Waals surface area contributed by atoms with Crippen molar-refractivity contribution >= 4 is 11.9 Å². The fourth-order valence-electron chi connectivity index (χ4n) is 3.64. The van der Waals surface area contributed by atoms with Gasteiger partial charge in [0.25, 0.3) is 0 Å². The van der Waals surface area contributed by atoms with Gasteiger partial charge in [-0.05, 0) is 31.6 Å². The molecule has 5 atom stereocenters. The molecule has 2 fully saturated rings. The van der Waals surface area contributed by atoms with Gasteiger partial charge in [-0.1, -0.05) is 19.8 Å². The van der Waals surface area contributed by atoms with Crippen LogP contribution < -0.4 is 5.32 Å². The van der Waals surface area contributed by atoms with E-state index in [2.05, 4.69) is 5.32 Å². The van der Waals surface area contributed by atoms with Crippen LogP contribution in [0.3, 0.4) is 0 Å². The van der Waals surface area contributed by atoms with Gasteiger partial charge in [0.15, 0.2) is 0 Å². The lowest BCUT2D eigenvalue weighted by Crippen LogP contribution is -2.41. The van der Waals surface area contributed by atoms with E-state index < -0.39 is 17.8 Å². The predicted octanol–water partition coefficient (Wildman–Crippen LogP) is 1.40. The number of aliphatic hydroxyl groups is 1. The first kappa shape index (κ1) is 15.3. The lowest BCUT2D eigenvalue weighted by atomic mass is 9.86. The van der Waals surface area contributed by atoms with E-state index in [0.717, 1.165) is 25.7 Å². The Morgan fingerprint density at radius 1 is 1.15 bits per heavy atom. The van der Waals surface area contributed by atoms with Crippen LogP contribution in [0.4, 0.5) is 0 Å². The average molecular weight is 283 g/mol. The second-order valence-corrected chi connectivity index (χ2v) is 6.48. The molecule has 20 heavy (non-hydrogen) atoms. The minimum atomic E-state index is -0.868. The van der Waals surface area contributed by atoms with Gasteiger partial charge in [0, 0.05) is 12.5 Å². The predicted molar refractivity (Wildman–Crippen MR) is 74.0 cm³/mol. The van der Waals surface area contributed by atoms with Crippen LogP contribution in [0.2, 0.25) is 0 Å². The molecular formula is C15H25NO4. The Labute approximate surface area is 119 Å². The van der Waals surface area contributed by atoms with Gasteiger partial charge in [-0.15, -0.1) is 0 Å². The molecule has 0 bridgehead atoms. The molecule has 0 aliphatic heterocycles. The van der Waals surface area contributed by atoms with Crippen LogP contribution in [-0.4, -0.2) is 34.7 Å². The summed E-state index contributed by atoms with van der Waals surface area (Å²) in [5, 5.41) is 21.9. The highest BCUT2D eigenvalue weighted by Crippen LogP contribution is 2.36. The highest BCUT2D eigenvalue weighted by atomic mass is 16.4. The molecule has 0 aromatic rings. The number of carbonyl (C=O) groups excluding carboxylic acids is 1. The molecule has 1 amide bonds. The van der Waals surface area contributed by atoms with Gasteiger partial charge in [0.1, 0.15) is 0 Å². The Bertz CT molecular complexity index is 371. The van der Waals surface area contributed by atoms with Gasteiger partial charge in [0.05, 0.1) is 17.9 Å². The first-order chi connectivity index (χ1) is 9.49. The molecule has 0 spiro atoms. The van der Waals surface area contributed by atoms with Gasteiger partial charge in [-0.25, -0.2) is 0 Å². The fourth-order valence-corrected chi connectivity index (χ4v) is 3.64. The lowest BCUT2D eigenvalue weighted by molar-refractivity contribution is -0.146. The van der Waals surface area contributed by atoms with Crippen molar-refractivity contribution in [1.82, 2.24) is 5.32 Å². The molecule has 114 valence electrons. The maximum absolute atomic E-state index is 12.2. The van der Waals surface area contributed by atoms with Crippen molar-refractivity contribution in [3.63, 3.8) is 0 Å². The highest BCUT2D eigenvalue weighted by molar-refractivity contribution is 5.85. The summed E-state index contributed by atoms with van der Waals surface area (Å²) < 4.78 is 0. The summed E-state index contributed by atoms with van der Waals surface area (Å²) in [5.74, 6) is -1.59. The van der Waals surface area contributed by atoms with Crippen LogP contribution in [0, 0.1) is 23.7 Å². The van der Waals surface area contributed by atoms with E-state index in [-0.39, 0.29) is 23.8 Å². The monoisotopic (exact) mass is 283 g/mol. The molecule has 5 unspecified atom stereocenters. The summed E-state index contributed by atoms with van der Waals surface area (Å²) in [5.41, 5.74) is 0. The summed E-state index contributed by atoms with van der Waals surface area (Å²) in [6.45, 7) is 2.46. The third-order valence-corrected chi connectivity index (χ3v) is 4.86. The number of carboxylic acids is 1. The molecule has 2 aliphatic carbocycles. The van der Waals surface area contributed by atoms with Crippen LogP contribution in [-0.2, 0) is 9.59 Å². The van der Waals surface area contributed by atoms with Gasteiger partial charge >= 0.3 is 5.97 Å². The zero-order valence-electron chi connectivity index (χ0n) is 12.0. The third-order valence-electron chi connectivity index (χ3n) is 4.86. The Balaban J connectivity index is 1.86. The number of carboxylic acid groups (broad SMARTS) is 1. The smallest absolute Gasteiger partial charge is 0.307 e. The second-order valence-electron chi connectivity index (χ2n) is 6.48. The second kappa shape index (κ2) is 6.57. The van der Waals surface area contributed by atoms with E-state index in [1.165, 1.54) is 0 Å². The van der Waals surface area contributed by atoms with Crippen molar-refractivity contribution in [2.75, 3.05) is 6.54 Å². The van der Waals surface area contributed by atoms with Crippen molar-refractivity contribution in [3.8, 4) is 0 Å². The van der Waals surface area contributed by atoms with E-state index in [0.29, 0.717) is 19.4 Å². The van der Waals surface area contributed by atoms with Crippen molar-refractivity contribution in [2.24, 2.45) is 23.7 Å². The molecule has 5 heteroatoms. The van der Waals surface area contributed by atoms with Crippen molar-refractivity contribution in [1.29, 1.82) is 0 Å². The molecule has 2 saturated carbocycles. The van der Waals surface area contributed by atoms with E-state index in [9.17, 15) is 19.8 Å². The van der Waals surface area contributed by atoms with E-state index in [1.54, 1.807) is 0 Å². The number of amides is 1. The maximum Gasteiger partial charge on any atom is 0.307 e. The molecule has 0 aromatic carbocycles. The molecule has 5 nitrogen and oxygen atoms in total. The number of carbonyl (C=O) groups is 2. The number of rotatable bonds is 4. The highest BCUT2D eigenvalue weighted by Gasteiger charge is 2.41. The summed E-state index contributed by atoms with van der Waals surface area (Å²) in [7, 11) is 0. The van der Waals surface area contributed by atoms with E-state index >= 15 is 0 Å². The Kier molecular flexibility index (Phi) is 5.02. The van der Waals surface area contributed by atoms with Crippen LogP contribution in [0.5, 0.6) is 0 Å². The summed E-state index contributed by atoms with van der Waals surface area (Å²) in [6, 6.07) is 0. The topological polar surface area (TPSA) is 86.6 Å².